The van der Waals surface area contributed by atoms with Crippen molar-refractivity contribution < 1.29 is 24.8 Å². The van der Waals surface area contributed by atoms with Crippen LogP contribution in [0.4, 0.5) is 0 Å². The molecule has 1 amide bonds. The van der Waals surface area contributed by atoms with Crippen LogP contribution in [0.25, 0.3) is 10.9 Å². The van der Waals surface area contributed by atoms with Gasteiger partial charge < -0.3 is 4.74 Å². The number of pyridine rings is 1. The van der Waals surface area contributed by atoms with Crippen molar-refractivity contribution in [3.8, 4) is 5.75 Å². The number of nitrogens with zero attached hydrogens (tertiary/aromatic N) is 2. The zero-order valence-corrected chi connectivity index (χ0v) is 10.5. The largest absolute Gasteiger partial charge is 0.477 e. The van der Waals surface area contributed by atoms with Gasteiger partial charge in [0.2, 0.25) is 6.61 Å². The molecule has 1 aromatic heterocycles. The molecule has 6 heteroatoms. The van der Waals surface area contributed by atoms with Gasteiger partial charge in [-0.2, -0.15) is 10.4 Å². The van der Waals surface area contributed by atoms with E-state index in [1.807, 2.05) is 12.1 Å². The topological polar surface area (TPSA) is 79.7 Å². The van der Waals surface area contributed by atoms with Crippen molar-refractivity contribution in [1.82, 2.24) is 4.98 Å². The highest BCUT2D eigenvalue weighted by Gasteiger charge is 2.32. The summed E-state index contributed by atoms with van der Waals surface area (Å²) >= 11 is 0. The molecule has 100 valence electrons. The summed E-state index contributed by atoms with van der Waals surface area (Å²) in [6, 6.07) is 9.02. The summed E-state index contributed by atoms with van der Waals surface area (Å²) in [6.45, 7) is 0.907. The number of ether oxygens (including phenoxy) is 1. The van der Waals surface area contributed by atoms with Crippen molar-refractivity contribution in [2.75, 3.05) is 13.2 Å². The third-order valence-electron chi connectivity index (χ3n) is 2.79. The van der Waals surface area contributed by atoms with E-state index in [0.717, 1.165) is 5.39 Å². The lowest BCUT2D eigenvalue weighted by Gasteiger charge is -2.16. The van der Waals surface area contributed by atoms with Crippen LogP contribution in [0.5, 0.6) is 5.75 Å². The second-order valence-corrected chi connectivity index (χ2v) is 4.06. The Hall–Kier alpha value is -2.02. The molecule has 0 atom stereocenters. The summed E-state index contributed by atoms with van der Waals surface area (Å²) in [6.07, 6.45) is 1.63. The zero-order valence-electron chi connectivity index (χ0n) is 10.5. The molecular weight excluding hydrogens is 248 g/mol. The van der Waals surface area contributed by atoms with Crippen LogP contribution in [0.2, 0.25) is 0 Å². The quantitative estimate of drug-likeness (QED) is 0.499. The van der Waals surface area contributed by atoms with E-state index in [0.29, 0.717) is 11.3 Å². The molecular formula is C13H15N2O4+. The van der Waals surface area contributed by atoms with Gasteiger partial charge in [0, 0.05) is 16.4 Å². The molecule has 2 N–H and O–H groups in total. The molecule has 6 nitrogen and oxygen atoms in total. The molecule has 19 heavy (non-hydrogen) atoms. The molecule has 0 aliphatic heterocycles. The number of hydrogen-bond acceptors (Lipinski definition) is 5. The molecule has 0 spiro atoms. The van der Waals surface area contributed by atoms with Crippen molar-refractivity contribution in [2.24, 2.45) is 0 Å². The standard InChI is InChI=1S/C13H15N2O4/c1-2-15(17,18)12(16)9-19-11-7-3-5-10-6-4-8-14-13(10)11/h3-8,17-18H,2,9H2,1H3/q+1. The lowest BCUT2D eigenvalue weighted by molar-refractivity contribution is -1.19. The Morgan fingerprint density at radius 2 is 2.05 bits per heavy atom. The van der Waals surface area contributed by atoms with Gasteiger partial charge in [-0.1, -0.05) is 18.2 Å². The van der Waals surface area contributed by atoms with Crippen molar-refractivity contribution in [3.05, 3.63) is 36.5 Å². The first-order chi connectivity index (χ1) is 9.04. The number of carbonyl (C=O) groups is 1. The lowest BCUT2D eigenvalue weighted by atomic mass is 10.2. The second kappa shape index (κ2) is 5.31. The number of benzene rings is 1. The number of carbonyl (C=O) groups excluding carboxylic acids is 1. The first-order valence-corrected chi connectivity index (χ1v) is 5.88. The van der Waals surface area contributed by atoms with Crippen LogP contribution in [0.15, 0.2) is 36.5 Å². The van der Waals surface area contributed by atoms with Gasteiger partial charge in [-0.05, 0) is 19.1 Å². The second-order valence-electron chi connectivity index (χ2n) is 4.06. The van der Waals surface area contributed by atoms with Crippen molar-refractivity contribution in [1.29, 1.82) is 0 Å². The van der Waals surface area contributed by atoms with E-state index >= 15 is 0 Å². The minimum Gasteiger partial charge on any atom is -0.477 e. The first-order valence-electron chi connectivity index (χ1n) is 5.88. The van der Waals surface area contributed by atoms with E-state index in [4.69, 9.17) is 4.74 Å². The monoisotopic (exact) mass is 263 g/mol. The summed E-state index contributed by atoms with van der Waals surface area (Å²) in [7, 11) is 0. The van der Waals surface area contributed by atoms with Crippen molar-refractivity contribution in [2.45, 2.75) is 6.92 Å². The van der Waals surface area contributed by atoms with Gasteiger partial charge in [-0.3, -0.25) is 4.98 Å². The third kappa shape index (κ3) is 2.87. The van der Waals surface area contributed by atoms with Gasteiger partial charge in [0.15, 0.2) is 0 Å². The van der Waals surface area contributed by atoms with Crippen LogP contribution in [-0.4, -0.2) is 39.3 Å². The van der Waals surface area contributed by atoms with Crippen LogP contribution < -0.4 is 4.74 Å². The van der Waals surface area contributed by atoms with Crippen LogP contribution in [0.3, 0.4) is 0 Å². The van der Waals surface area contributed by atoms with Gasteiger partial charge in [-0.15, -0.1) is 0 Å². The summed E-state index contributed by atoms with van der Waals surface area (Å²) < 4.78 is 5.32. The predicted octanol–water partition coefficient (Wildman–Crippen LogP) is 1.76. The molecule has 0 bridgehead atoms. The van der Waals surface area contributed by atoms with Gasteiger partial charge in [0.25, 0.3) is 0 Å². The van der Waals surface area contributed by atoms with Gasteiger partial charge >= 0.3 is 5.91 Å². The number of hydroxylamine groups is 4. The van der Waals surface area contributed by atoms with E-state index in [1.165, 1.54) is 6.92 Å². The minimum absolute atomic E-state index is 0.143. The number of rotatable bonds is 4. The number of likely N-dealkylation sites (N-methyl/N-ethyl adjacent to an activating group) is 1. The average Bonchev–Trinajstić information content (AvgIpc) is 2.44. The Kier molecular flexibility index (Phi) is 3.75. The van der Waals surface area contributed by atoms with E-state index < -0.39 is 17.3 Å². The van der Waals surface area contributed by atoms with E-state index in [9.17, 15) is 15.2 Å². The van der Waals surface area contributed by atoms with Gasteiger partial charge in [0.1, 0.15) is 17.8 Å². The maximum Gasteiger partial charge on any atom is 0.416 e. The molecule has 0 fully saturated rings. The molecule has 2 aromatic rings. The third-order valence-corrected chi connectivity index (χ3v) is 2.79. The fourth-order valence-corrected chi connectivity index (χ4v) is 1.61. The summed E-state index contributed by atoms with van der Waals surface area (Å²) in [5.74, 6) is -0.405. The maximum absolute atomic E-state index is 11.5. The normalized spacial score (nSPS) is 11.5. The van der Waals surface area contributed by atoms with Crippen LogP contribution in [0, 0.1) is 0 Å². The fraction of sp³-hybridized carbons (Fsp3) is 0.231. The van der Waals surface area contributed by atoms with Crippen LogP contribution in [-0.2, 0) is 4.79 Å². The molecule has 0 aliphatic rings. The Morgan fingerprint density at radius 1 is 1.32 bits per heavy atom. The van der Waals surface area contributed by atoms with E-state index in [-0.39, 0.29) is 6.54 Å². The van der Waals surface area contributed by atoms with E-state index in [2.05, 4.69) is 4.98 Å². The molecule has 1 heterocycles. The number of quaternary nitrogens is 1. The number of hydrogen-bond donors (Lipinski definition) is 2. The molecule has 0 unspecified atom stereocenters. The number of para-hydroxylation sites is 1. The smallest absolute Gasteiger partial charge is 0.416 e. The molecule has 2 rings (SSSR count). The number of aromatic nitrogens is 1. The Bertz CT molecular complexity index is 593. The molecule has 0 radical (unpaired) electrons. The highest BCUT2D eigenvalue weighted by atomic mass is 16.8. The summed E-state index contributed by atoms with van der Waals surface area (Å²) in [5.41, 5.74) is 0.628. The highest BCUT2D eigenvalue weighted by Crippen LogP contribution is 2.22. The Morgan fingerprint density at radius 3 is 2.79 bits per heavy atom. The minimum atomic E-state index is -1.68. The predicted molar refractivity (Wildman–Crippen MR) is 66.6 cm³/mol. The molecule has 0 saturated carbocycles. The lowest BCUT2D eigenvalue weighted by Crippen LogP contribution is -2.49. The van der Waals surface area contributed by atoms with Crippen LogP contribution in [0.1, 0.15) is 6.92 Å². The maximum atomic E-state index is 11.5. The van der Waals surface area contributed by atoms with Gasteiger partial charge in [0.05, 0.1) is 0 Å². The summed E-state index contributed by atoms with van der Waals surface area (Å²) in [4.78, 5) is 14.0. The molecule has 0 aliphatic carbocycles. The number of fused-ring (bicyclic) bond motifs is 1. The average molecular weight is 263 g/mol. The van der Waals surface area contributed by atoms with Gasteiger partial charge in [-0.25, -0.2) is 4.79 Å². The van der Waals surface area contributed by atoms with Crippen molar-refractivity contribution >= 4 is 16.8 Å². The number of amides is 1. The highest BCUT2D eigenvalue weighted by molar-refractivity contribution is 5.84. The Labute approximate surface area is 110 Å². The summed E-state index contributed by atoms with van der Waals surface area (Å²) in [5, 5.41) is 19.5. The Balaban J connectivity index is 2.17. The fourth-order valence-electron chi connectivity index (χ4n) is 1.61. The van der Waals surface area contributed by atoms with Crippen molar-refractivity contribution in [3.63, 3.8) is 0 Å². The van der Waals surface area contributed by atoms with E-state index in [1.54, 1.807) is 24.4 Å². The first kappa shape index (κ1) is 13.4. The molecule has 0 saturated heterocycles. The van der Waals surface area contributed by atoms with Crippen LogP contribution >= 0.6 is 0 Å². The molecule has 1 aromatic carbocycles. The SMILES string of the molecule is CC[N+](O)(O)C(=O)COc1cccc2cccnc12. The zero-order chi connectivity index (χ0) is 13.9.